The average molecular weight is 238 g/mol. The number of carbonyl (C=O) groups excluding carboxylic acids is 1. The number of ether oxygens (including phenoxy) is 1. The van der Waals surface area contributed by atoms with Crippen LogP contribution in [0, 0.1) is 5.92 Å². The van der Waals surface area contributed by atoms with Gasteiger partial charge in [0.1, 0.15) is 0 Å². The highest BCUT2D eigenvalue weighted by Crippen LogP contribution is 2.25. The highest BCUT2D eigenvalue weighted by Gasteiger charge is 2.11. The third-order valence-corrected chi connectivity index (χ3v) is 3.92. The van der Waals surface area contributed by atoms with Gasteiger partial charge in [-0.25, -0.2) is 4.79 Å². The molecule has 1 unspecified atom stereocenters. The van der Waals surface area contributed by atoms with Gasteiger partial charge in [-0.05, 0) is 18.1 Å². The number of carbonyl (C=O) groups is 1. The third kappa shape index (κ3) is 3.56. The van der Waals surface area contributed by atoms with Gasteiger partial charge in [-0.15, -0.1) is 11.8 Å². The Kier molecular flexibility index (Phi) is 5.39. The Morgan fingerprint density at radius 1 is 1.44 bits per heavy atom. The lowest BCUT2D eigenvalue weighted by Gasteiger charge is -2.10. The van der Waals surface area contributed by atoms with Crippen LogP contribution in [0.25, 0.3) is 0 Å². The van der Waals surface area contributed by atoms with Crippen molar-refractivity contribution in [1.82, 2.24) is 0 Å². The van der Waals surface area contributed by atoms with Crippen LogP contribution in [0.15, 0.2) is 29.2 Å². The van der Waals surface area contributed by atoms with Crippen LogP contribution in [0.3, 0.4) is 0 Å². The zero-order chi connectivity index (χ0) is 12.0. The second kappa shape index (κ2) is 6.59. The number of benzene rings is 1. The van der Waals surface area contributed by atoms with Crippen LogP contribution < -0.4 is 0 Å². The summed E-state index contributed by atoms with van der Waals surface area (Å²) < 4.78 is 4.76. The van der Waals surface area contributed by atoms with E-state index >= 15 is 0 Å². The summed E-state index contributed by atoms with van der Waals surface area (Å²) in [6.45, 7) is 4.39. The molecule has 0 saturated heterocycles. The normalized spacial score (nSPS) is 12.2. The van der Waals surface area contributed by atoms with Gasteiger partial charge in [0.25, 0.3) is 0 Å². The van der Waals surface area contributed by atoms with Gasteiger partial charge in [0.2, 0.25) is 0 Å². The van der Waals surface area contributed by atoms with Gasteiger partial charge in [-0.2, -0.15) is 0 Å². The summed E-state index contributed by atoms with van der Waals surface area (Å²) in [6, 6.07) is 7.59. The second-order valence-corrected chi connectivity index (χ2v) is 4.87. The fourth-order valence-corrected chi connectivity index (χ4v) is 2.40. The number of hydrogen-bond donors (Lipinski definition) is 0. The molecule has 3 heteroatoms. The van der Waals surface area contributed by atoms with Gasteiger partial charge in [-0.3, -0.25) is 0 Å². The molecule has 0 aliphatic heterocycles. The third-order valence-electron chi connectivity index (χ3n) is 2.51. The smallest absolute Gasteiger partial charge is 0.338 e. The summed E-state index contributed by atoms with van der Waals surface area (Å²) in [5.74, 6) is 1.44. The molecule has 0 aliphatic rings. The molecule has 1 rings (SSSR count). The summed E-state index contributed by atoms with van der Waals surface area (Å²) in [6.07, 6.45) is 1.16. The fraction of sp³-hybridized carbons (Fsp3) is 0.462. The first kappa shape index (κ1) is 13.1. The minimum Gasteiger partial charge on any atom is -0.465 e. The molecule has 2 nitrogen and oxygen atoms in total. The van der Waals surface area contributed by atoms with E-state index in [1.807, 2.05) is 24.3 Å². The predicted octanol–water partition coefficient (Wildman–Crippen LogP) is 3.61. The summed E-state index contributed by atoms with van der Waals surface area (Å²) >= 11 is 1.72. The van der Waals surface area contributed by atoms with Crippen molar-refractivity contribution in [1.29, 1.82) is 0 Å². The Morgan fingerprint density at radius 2 is 2.12 bits per heavy atom. The Balaban J connectivity index is 2.75. The van der Waals surface area contributed by atoms with E-state index < -0.39 is 0 Å². The maximum Gasteiger partial charge on any atom is 0.338 e. The summed E-state index contributed by atoms with van der Waals surface area (Å²) in [5.41, 5.74) is 0.665. The van der Waals surface area contributed by atoms with Crippen LogP contribution >= 0.6 is 11.8 Å². The van der Waals surface area contributed by atoms with Gasteiger partial charge < -0.3 is 4.74 Å². The van der Waals surface area contributed by atoms with Crippen molar-refractivity contribution in [3.63, 3.8) is 0 Å². The SMILES string of the molecule is CCC(C)CSc1ccccc1C(=O)OC. The molecule has 0 N–H and O–H groups in total. The maximum absolute atomic E-state index is 11.5. The minimum absolute atomic E-state index is 0.257. The van der Waals surface area contributed by atoms with Gasteiger partial charge in [0, 0.05) is 10.6 Å². The van der Waals surface area contributed by atoms with Gasteiger partial charge in [-0.1, -0.05) is 32.4 Å². The summed E-state index contributed by atoms with van der Waals surface area (Å²) in [7, 11) is 1.42. The first-order chi connectivity index (χ1) is 7.69. The molecular formula is C13H18O2S. The van der Waals surface area contributed by atoms with E-state index in [0.717, 1.165) is 17.1 Å². The molecule has 0 fully saturated rings. The largest absolute Gasteiger partial charge is 0.465 e. The zero-order valence-corrected chi connectivity index (χ0v) is 10.8. The molecule has 0 aliphatic carbocycles. The van der Waals surface area contributed by atoms with Crippen molar-refractivity contribution in [3.8, 4) is 0 Å². The Bertz CT molecular complexity index is 350. The molecule has 0 saturated carbocycles. The highest BCUT2D eigenvalue weighted by atomic mass is 32.2. The number of hydrogen-bond acceptors (Lipinski definition) is 3. The van der Waals surface area contributed by atoms with Crippen molar-refractivity contribution in [2.24, 2.45) is 5.92 Å². The molecule has 16 heavy (non-hydrogen) atoms. The van der Waals surface area contributed by atoms with Gasteiger partial charge in [0.05, 0.1) is 12.7 Å². The zero-order valence-electron chi connectivity index (χ0n) is 10.0. The van der Waals surface area contributed by atoms with E-state index in [1.54, 1.807) is 11.8 Å². The Hall–Kier alpha value is -0.960. The van der Waals surface area contributed by atoms with Crippen molar-refractivity contribution in [2.75, 3.05) is 12.9 Å². The molecule has 0 bridgehead atoms. The van der Waals surface area contributed by atoms with Crippen molar-refractivity contribution in [2.45, 2.75) is 25.2 Å². The minimum atomic E-state index is -0.257. The second-order valence-electron chi connectivity index (χ2n) is 3.81. The molecule has 0 aromatic heterocycles. The fourth-order valence-electron chi connectivity index (χ4n) is 1.22. The van der Waals surface area contributed by atoms with E-state index in [0.29, 0.717) is 11.5 Å². The van der Waals surface area contributed by atoms with E-state index in [1.165, 1.54) is 7.11 Å². The molecule has 1 atom stereocenters. The molecular weight excluding hydrogens is 220 g/mol. The molecule has 0 amide bonds. The summed E-state index contributed by atoms with van der Waals surface area (Å²) in [5, 5.41) is 0. The van der Waals surface area contributed by atoms with E-state index in [2.05, 4.69) is 13.8 Å². The van der Waals surface area contributed by atoms with Crippen LogP contribution in [-0.4, -0.2) is 18.8 Å². The van der Waals surface area contributed by atoms with Crippen molar-refractivity contribution >= 4 is 17.7 Å². The van der Waals surface area contributed by atoms with Crippen LogP contribution in [0.4, 0.5) is 0 Å². The van der Waals surface area contributed by atoms with Crippen molar-refractivity contribution < 1.29 is 9.53 Å². The lowest BCUT2D eigenvalue weighted by molar-refractivity contribution is 0.0597. The Morgan fingerprint density at radius 3 is 2.75 bits per heavy atom. The summed E-state index contributed by atoms with van der Waals surface area (Å²) in [4.78, 5) is 12.5. The molecule has 0 spiro atoms. The predicted molar refractivity (Wildman–Crippen MR) is 68.0 cm³/mol. The number of methoxy groups -OCH3 is 1. The standard InChI is InChI=1S/C13H18O2S/c1-4-10(2)9-16-12-8-6-5-7-11(12)13(14)15-3/h5-8,10H,4,9H2,1-3H3. The number of esters is 1. The van der Waals surface area contributed by atoms with E-state index in [-0.39, 0.29) is 5.97 Å². The lowest BCUT2D eigenvalue weighted by Crippen LogP contribution is -2.04. The number of thioether (sulfide) groups is 1. The topological polar surface area (TPSA) is 26.3 Å². The van der Waals surface area contributed by atoms with Crippen molar-refractivity contribution in [3.05, 3.63) is 29.8 Å². The van der Waals surface area contributed by atoms with E-state index in [4.69, 9.17) is 4.74 Å². The quantitative estimate of drug-likeness (QED) is 0.579. The monoisotopic (exact) mass is 238 g/mol. The maximum atomic E-state index is 11.5. The lowest BCUT2D eigenvalue weighted by atomic mass is 10.2. The number of rotatable bonds is 5. The first-order valence-electron chi connectivity index (χ1n) is 5.49. The molecule has 1 aromatic carbocycles. The molecule has 0 radical (unpaired) electrons. The Labute approximate surface area is 101 Å². The molecule has 88 valence electrons. The van der Waals surface area contributed by atoms with E-state index in [9.17, 15) is 4.79 Å². The molecule has 0 heterocycles. The van der Waals surface area contributed by atoms with Gasteiger partial charge >= 0.3 is 5.97 Å². The van der Waals surface area contributed by atoms with Crippen LogP contribution in [-0.2, 0) is 4.74 Å². The highest BCUT2D eigenvalue weighted by molar-refractivity contribution is 7.99. The van der Waals surface area contributed by atoms with Gasteiger partial charge in [0.15, 0.2) is 0 Å². The van der Waals surface area contributed by atoms with Crippen LogP contribution in [0.5, 0.6) is 0 Å². The average Bonchev–Trinajstić information content (AvgIpc) is 2.35. The first-order valence-corrected chi connectivity index (χ1v) is 6.47. The van der Waals surface area contributed by atoms with Crippen LogP contribution in [0.2, 0.25) is 0 Å². The molecule has 1 aromatic rings. The van der Waals surface area contributed by atoms with Crippen LogP contribution in [0.1, 0.15) is 30.6 Å².